The molecule has 0 spiro atoms. The second kappa shape index (κ2) is 4.62. The zero-order valence-corrected chi connectivity index (χ0v) is 13.8. The Morgan fingerprint density at radius 3 is 2.83 bits per heavy atom. The van der Waals surface area contributed by atoms with E-state index < -0.39 is 0 Å². The predicted octanol–water partition coefficient (Wildman–Crippen LogP) is 3.23. The SMILES string of the molecule is CC1(C)C2CNCC2CN1Cc1cc(Br)c(Br)o1. The molecule has 5 heteroatoms. The van der Waals surface area contributed by atoms with Gasteiger partial charge in [-0.05, 0) is 70.2 Å². The smallest absolute Gasteiger partial charge is 0.183 e. The molecule has 1 aromatic rings. The van der Waals surface area contributed by atoms with Crippen molar-refractivity contribution in [1.29, 1.82) is 0 Å². The number of nitrogens with one attached hydrogen (secondary N) is 1. The molecule has 3 heterocycles. The highest BCUT2D eigenvalue weighted by atomic mass is 79.9. The minimum Gasteiger partial charge on any atom is -0.452 e. The van der Waals surface area contributed by atoms with Crippen LogP contribution in [0.4, 0.5) is 0 Å². The van der Waals surface area contributed by atoms with Crippen LogP contribution in [0.25, 0.3) is 0 Å². The maximum atomic E-state index is 5.70. The first-order chi connectivity index (χ1) is 8.48. The normalized spacial score (nSPS) is 30.9. The Hall–Kier alpha value is 0.160. The molecular weight excluding hydrogens is 360 g/mol. The maximum absolute atomic E-state index is 5.70. The van der Waals surface area contributed by atoms with Crippen molar-refractivity contribution in [2.75, 3.05) is 19.6 Å². The lowest BCUT2D eigenvalue weighted by atomic mass is 9.85. The number of nitrogens with zero attached hydrogens (tertiary/aromatic N) is 1. The largest absolute Gasteiger partial charge is 0.452 e. The first-order valence-corrected chi connectivity index (χ1v) is 7.96. The standard InChI is InChI=1S/C13H18Br2N2O/c1-13(2)10-5-16-4-8(10)6-17(13)7-9-3-11(14)12(15)18-9/h3,8,10,16H,4-7H2,1-2H3. The van der Waals surface area contributed by atoms with Gasteiger partial charge in [-0.1, -0.05) is 0 Å². The third-order valence-corrected chi connectivity index (χ3v) is 6.27. The van der Waals surface area contributed by atoms with Crippen LogP contribution in [0.1, 0.15) is 19.6 Å². The Balaban J connectivity index is 1.77. The highest BCUT2D eigenvalue weighted by molar-refractivity contribution is 9.13. The molecule has 100 valence electrons. The highest BCUT2D eigenvalue weighted by Crippen LogP contribution is 2.41. The van der Waals surface area contributed by atoms with E-state index in [0.717, 1.165) is 46.4 Å². The zero-order valence-electron chi connectivity index (χ0n) is 10.7. The molecule has 0 saturated carbocycles. The van der Waals surface area contributed by atoms with Gasteiger partial charge in [0.1, 0.15) is 5.76 Å². The monoisotopic (exact) mass is 376 g/mol. The van der Waals surface area contributed by atoms with Gasteiger partial charge in [-0.15, -0.1) is 0 Å². The molecule has 0 aromatic carbocycles. The molecule has 2 unspecified atom stereocenters. The molecular formula is C13H18Br2N2O. The van der Waals surface area contributed by atoms with Crippen LogP contribution in [0.15, 0.2) is 19.6 Å². The first kappa shape index (κ1) is 13.2. The highest BCUT2D eigenvalue weighted by Gasteiger charge is 2.49. The Bertz CT molecular complexity index is 438. The molecule has 2 atom stereocenters. The van der Waals surface area contributed by atoms with Crippen LogP contribution >= 0.6 is 31.9 Å². The van der Waals surface area contributed by atoms with E-state index in [0.29, 0.717) is 0 Å². The second-order valence-corrected chi connectivity index (χ2v) is 7.47. The molecule has 2 aliphatic rings. The molecule has 0 bridgehead atoms. The summed E-state index contributed by atoms with van der Waals surface area (Å²) in [5, 5.41) is 3.51. The van der Waals surface area contributed by atoms with E-state index in [1.54, 1.807) is 0 Å². The van der Waals surface area contributed by atoms with E-state index in [9.17, 15) is 0 Å². The molecule has 1 aromatic heterocycles. The van der Waals surface area contributed by atoms with Crippen molar-refractivity contribution in [3.05, 3.63) is 21.0 Å². The summed E-state index contributed by atoms with van der Waals surface area (Å²) in [6.45, 7) is 9.09. The third-order valence-electron chi connectivity index (χ3n) is 4.56. The van der Waals surface area contributed by atoms with E-state index in [1.807, 2.05) is 0 Å². The van der Waals surface area contributed by atoms with Crippen LogP contribution in [0.2, 0.25) is 0 Å². The lowest BCUT2D eigenvalue weighted by molar-refractivity contribution is 0.122. The molecule has 0 radical (unpaired) electrons. The molecule has 3 nitrogen and oxygen atoms in total. The summed E-state index contributed by atoms with van der Waals surface area (Å²) >= 11 is 6.87. The first-order valence-electron chi connectivity index (χ1n) is 6.38. The van der Waals surface area contributed by atoms with E-state index in [1.165, 1.54) is 6.54 Å². The van der Waals surface area contributed by atoms with Gasteiger partial charge in [0.25, 0.3) is 0 Å². The maximum Gasteiger partial charge on any atom is 0.183 e. The molecule has 0 aliphatic carbocycles. The number of halogens is 2. The lowest BCUT2D eigenvalue weighted by Crippen LogP contribution is -2.43. The average molecular weight is 378 g/mol. The number of rotatable bonds is 2. The Kier molecular flexibility index (Phi) is 3.37. The molecule has 18 heavy (non-hydrogen) atoms. The van der Waals surface area contributed by atoms with Crippen LogP contribution in [0, 0.1) is 11.8 Å². The summed E-state index contributed by atoms with van der Waals surface area (Å²) in [7, 11) is 0. The fraction of sp³-hybridized carbons (Fsp3) is 0.692. The molecule has 2 aliphatic heterocycles. The van der Waals surface area contributed by atoms with E-state index in [2.05, 4.69) is 62.0 Å². The van der Waals surface area contributed by atoms with Crippen LogP contribution in [-0.2, 0) is 6.54 Å². The summed E-state index contributed by atoms with van der Waals surface area (Å²) in [6, 6.07) is 2.06. The summed E-state index contributed by atoms with van der Waals surface area (Å²) in [6.07, 6.45) is 0. The quantitative estimate of drug-likeness (QED) is 0.857. The van der Waals surface area contributed by atoms with Gasteiger partial charge in [0.05, 0.1) is 11.0 Å². The van der Waals surface area contributed by atoms with Gasteiger partial charge in [-0.25, -0.2) is 0 Å². The fourth-order valence-electron chi connectivity index (χ4n) is 3.43. The summed E-state index contributed by atoms with van der Waals surface area (Å²) in [5.74, 6) is 2.58. The minimum absolute atomic E-state index is 0.250. The third kappa shape index (κ3) is 2.09. The van der Waals surface area contributed by atoms with Crippen LogP contribution in [0.5, 0.6) is 0 Å². The molecule has 1 N–H and O–H groups in total. The van der Waals surface area contributed by atoms with Gasteiger partial charge in [0.2, 0.25) is 0 Å². The van der Waals surface area contributed by atoms with Gasteiger partial charge >= 0.3 is 0 Å². The van der Waals surface area contributed by atoms with Crippen molar-refractivity contribution in [2.24, 2.45) is 11.8 Å². The van der Waals surface area contributed by atoms with Crippen molar-refractivity contribution in [1.82, 2.24) is 10.2 Å². The number of furan rings is 1. The Morgan fingerprint density at radius 2 is 2.22 bits per heavy atom. The summed E-state index contributed by atoms with van der Waals surface area (Å²) in [4.78, 5) is 2.56. The van der Waals surface area contributed by atoms with Crippen molar-refractivity contribution in [3.8, 4) is 0 Å². The van der Waals surface area contributed by atoms with Crippen molar-refractivity contribution in [2.45, 2.75) is 25.9 Å². The van der Waals surface area contributed by atoms with Gasteiger partial charge in [-0.3, -0.25) is 4.90 Å². The zero-order chi connectivity index (χ0) is 12.9. The van der Waals surface area contributed by atoms with Gasteiger partial charge in [0, 0.05) is 18.6 Å². The predicted molar refractivity (Wildman–Crippen MR) is 78.4 cm³/mol. The van der Waals surface area contributed by atoms with Gasteiger partial charge in [0.15, 0.2) is 4.67 Å². The van der Waals surface area contributed by atoms with Crippen LogP contribution in [0.3, 0.4) is 0 Å². The molecule has 2 fully saturated rings. The topological polar surface area (TPSA) is 28.4 Å². The molecule has 2 saturated heterocycles. The number of hydrogen-bond acceptors (Lipinski definition) is 3. The molecule has 0 amide bonds. The second-order valence-electron chi connectivity index (χ2n) is 5.89. The average Bonchev–Trinajstić information content (AvgIpc) is 2.91. The van der Waals surface area contributed by atoms with E-state index in [-0.39, 0.29) is 5.54 Å². The number of likely N-dealkylation sites (tertiary alicyclic amines) is 1. The molecule has 3 rings (SSSR count). The van der Waals surface area contributed by atoms with Crippen molar-refractivity contribution in [3.63, 3.8) is 0 Å². The van der Waals surface area contributed by atoms with Crippen LogP contribution < -0.4 is 5.32 Å². The fourth-order valence-corrected chi connectivity index (χ4v) is 4.09. The van der Waals surface area contributed by atoms with Gasteiger partial charge < -0.3 is 9.73 Å². The Labute approximate surface area is 125 Å². The van der Waals surface area contributed by atoms with Crippen LogP contribution in [-0.4, -0.2) is 30.1 Å². The van der Waals surface area contributed by atoms with E-state index in [4.69, 9.17) is 4.42 Å². The minimum atomic E-state index is 0.250. The number of fused-ring (bicyclic) bond motifs is 1. The lowest BCUT2D eigenvalue weighted by Gasteiger charge is -2.35. The van der Waals surface area contributed by atoms with E-state index >= 15 is 0 Å². The summed E-state index contributed by atoms with van der Waals surface area (Å²) < 4.78 is 7.49. The van der Waals surface area contributed by atoms with Crippen molar-refractivity contribution < 1.29 is 4.42 Å². The van der Waals surface area contributed by atoms with Gasteiger partial charge in [-0.2, -0.15) is 0 Å². The summed E-state index contributed by atoms with van der Waals surface area (Å²) in [5.41, 5.74) is 0.250. The Morgan fingerprint density at radius 1 is 1.44 bits per heavy atom. The number of hydrogen-bond donors (Lipinski definition) is 1. The van der Waals surface area contributed by atoms with Crippen molar-refractivity contribution >= 4 is 31.9 Å².